The highest BCUT2D eigenvalue weighted by Crippen LogP contribution is 2.15. The van der Waals surface area contributed by atoms with Crippen LogP contribution in [0.3, 0.4) is 0 Å². The van der Waals surface area contributed by atoms with Crippen LogP contribution in [0.15, 0.2) is 36.4 Å². The molecule has 2 heterocycles. The largest absolute Gasteiger partial charge is 0.354 e. The third kappa shape index (κ3) is 4.76. The van der Waals surface area contributed by atoms with E-state index in [1.807, 2.05) is 54.9 Å². The molecular weight excluding hydrogens is 358 g/mol. The Labute approximate surface area is 163 Å². The molecule has 0 unspecified atom stereocenters. The van der Waals surface area contributed by atoms with E-state index < -0.39 is 12.1 Å². The van der Waals surface area contributed by atoms with Crippen molar-refractivity contribution in [1.82, 2.24) is 25.3 Å². The molecule has 0 aliphatic carbocycles. The molecule has 8 nitrogen and oxygen atoms in total. The molecule has 28 heavy (non-hydrogen) atoms. The summed E-state index contributed by atoms with van der Waals surface area (Å²) < 4.78 is 1.85. The van der Waals surface area contributed by atoms with Crippen LogP contribution in [0.25, 0.3) is 0 Å². The average molecular weight is 383 g/mol. The number of carbonyl (C=O) groups is 3. The summed E-state index contributed by atoms with van der Waals surface area (Å²) >= 11 is 0. The minimum atomic E-state index is -0.655. The Kier molecular flexibility index (Phi) is 6.08. The van der Waals surface area contributed by atoms with Crippen molar-refractivity contribution in [3.05, 3.63) is 53.3 Å². The number of carbonyl (C=O) groups excluding carboxylic acids is 3. The maximum atomic E-state index is 12.5. The predicted molar refractivity (Wildman–Crippen MR) is 103 cm³/mol. The maximum absolute atomic E-state index is 12.5. The third-order valence-electron chi connectivity index (χ3n) is 4.70. The number of rotatable bonds is 8. The highest BCUT2D eigenvalue weighted by atomic mass is 16.2. The van der Waals surface area contributed by atoms with E-state index >= 15 is 0 Å². The lowest BCUT2D eigenvalue weighted by Gasteiger charge is -2.13. The minimum absolute atomic E-state index is 0.148. The summed E-state index contributed by atoms with van der Waals surface area (Å²) in [5, 5.41) is 9.84. The summed E-state index contributed by atoms with van der Waals surface area (Å²) in [5.74, 6) is -0.436. The van der Waals surface area contributed by atoms with E-state index in [4.69, 9.17) is 0 Å². The first kappa shape index (κ1) is 19.6. The van der Waals surface area contributed by atoms with Gasteiger partial charge in [0.2, 0.25) is 5.91 Å². The molecule has 1 aromatic carbocycles. The fraction of sp³-hybridized carbons (Fsp3) is 0.400. The van der Waals surface area contributed by atoms with Crippen LogP contribution in [0, 0.1) is 13.8 Å². The number of imide groups is 1. The van der Waals surface area contributed by atoms with Crippen molar-refractivity contribution in [3.63, 3.8) is 0 Å². The van der Waals surface area contributed by atoms with Gasteiger partial charge in [-0.1, -0.05) is 30.3 Å². The zero-order valence-corrected chi connectivity index (χ0v) is 16.1. The van der Waals surface area contributed by atoms with Gasteiger partial charge in [0.25, 0.3) is 5.91 Å². The summed E-state index contributed by atoms with van der Waals surface area (Å²) in [4.78, 5) is 37.8. The molecule has 0 radical (unpaired) electrons. The number of aryl methyl sites for hydroxylation is 2. The topological polar surface area (TPSA) is 96.3 Å². The molecule has 1 saturated heterocycles. The van der Waals surface area contributed by atoms with E-state index in [-0.39, 0.29) is 31.2 Å². The van der Waals surface area contributed by atoms with E-state index in [0.29, 0.717) is 13.1 Å². The summed E-state index contributed by atoms with van der Waals surface area (Å²) in [6.07, 6.45) is 0.453. The van der Waals surface area contributed by atoms with Crippen LogP contribution in [0.5, 0.6) is 0 Å². The monoisotopic (exact) mass is 383 g/mol. The van der Waals surface area contributed by atoms with Crippen LogP contribution >= 0.6 is 0 Å². The van der Waals surface area contributed by atoms with Gasteiger partial charge in [0.1, 0.15) is 6.04 Å². The molecule has 1 aliphatic heterocycles. The van der Waals surface area contributed by atoms with Crippen molar-refractivity contribution >= 4 is 17.8 Å². The SMILES string of the molecule is Cc1cc(C)n(CCNC(=O)CC[C@@H]2NC(=O)N(Cc3ccccc3)C2=O)n1. The van der Waals surface area contributed by atoms with Gasteiger partial charge in [-0.25, -0.2) is 4.79 Å². The molecule has 2 N–H and O–H groups in total. The van der Waals surface area contributed by atoms with Crippen LogP contribution in [0.4, 0.5) is 4.79 Å². The van der Waals surface area contributed by atoms with Crippen molar-refractivity contribution in [2.45, 2.75) is 45.8 Å². The Morgan fingerprint density at radius 3 is 2.64 bits per heavy atom. The second kappa shape index (κ2) is 8.69. The van der Waals surface area contributed by atoms with Gasteiger partial charge in [0.05, 0.1) is 18.8 Å². The Morgan fingerprint density at radius 1 is 1.21 bits per heavy atom. The fourth-order valence-electron chi connectivity index (χ4n) is 3.25. The Hall–Kier alpha value is -3.16. The lowest BCUT2D eigenvalue weighted by molar-refractivity contribution is -0.128. The quantitative estimate of drug-likeness (QED) is 0.676. The number of hydrogen-bond acceptors (Lipinski definition) is 4. The van der Waals surface area contributed by atoms with Crippen molar-refractivity contribution < 1.29 is 14.4 Å². The van der Waals surface area contributed by atoms with Gasteiger partial charge in [-0.3, -0.25) is 19.2 Å². The lowest BCUT2D eigenvalue weighted by atomic mass is 10.1. The summed E-state index contributed by atoms with van der Waals surface area (Å²) in [6, 6.07) is 10.3. The van der Waals surface area contributed by atoms with Gasteiger partial charge in [0.15, 0.2) is 0 Å². The van der Waals surface area contributed by atoms with Gasteiger partial charge >= 0.3 is 6.03 Å². The van der Waals surface area contributed by atoms with E-state index in [0.717, 1.165) is 17.0 Å². The van der Waals surface area contributed by atoms with Crippen LogP contribution in [-0.4, -0.2) is 45.1 Å². The molecule has 1 aliphatic rings. The average Bonchev–Trinajstić information content (AvgIpc) is 3.13. The van der Waals surface area contributed by atoms with Gasteiger partial charge in [0, 0.05) is 18.7 Å². The molecule has 148 valence electrons. The number of nitrogens with one attached hydrogen (secondary N) is 2. The molecule has 8 heteroatoms. The number of nitrogens with zero attached hydrogens (tertiary/aromatic N) is 3. The van der Waals surface area contributed by atoms with Crippen LogP contribution in [-0.2, 0) is 22.7 Å². The molecule has 4 amide bonds. The van der Waals surface area contributed by atoms with Crippen molar-refractivity contribution in [3.8, 4) is 0 Å². The molecule has 1 aromatic heterocycles. The van der Waals surface area contributed by atoms with Crippen molar-refractivity contribution in [1.29, 1.82) is 0 Å². The van der Waals surface area contributed by atoms with E-state index in [1.54, 1.807) is 0 Å². The van der Waals surface area contributed by atoms with Crippen LogP contribution < -0.4 is 10.6 Å². The van der Waals surface area contributed by atoms with Gasteiger partial charge in [-0.15, -0.1) is 0 Å². The molecule has 0 spiro atoms. The molecule has 0 saturated carbocycles. The first-order chi connectivity index (χ1) is 13.4. The Bertz CT molecular complexity index is 862. The predicted octanol–water partition coefficient (Wildman–Crippen LogP) is 1.52. The summed E-state index contributed by atoms with van der Waals surface area (Å²) in [6.45, 7) is 5.19. The second-order valence-electron chi connectivity index (χ2n) is 6.95. The first-order valence-electron chi connectivity index (χ1n) is 9.37. The number of hydrogen-bond donors (Lipinski definition) is 2. The molecule has 2 aromatic rings. The zero-order valence-electron chi connectivity index (χ0n) is 16.1. The van der Waals surface area contributed by atoms with Gasteiger partial charge < -0.3 is 10.6 Å². The standard InChI is InChI=1S/C20H25N5O3/c1-14-12-15(2)25(23-14)11-10-21-18(26)9-8-17-19(27)24(20(28)22-17)13-16-6-4-3-5-7-16/h3-7,12,17H,8-11,13H2,1-2H3,(H,21,26)(H,22,28)/t17-/m0/s1. The second-order valence-corrected chi connectivity index (χ2v) is 6.95. The third-order valence-corrected chi connectivity index (χ3v) is 4.70. The smallest absolute Gasteiger partial charge is 0.325 e. The van der Waals surface area contributed by atoms with Crippen molar-refractivity contribution in [2.75, 3.05) is 6.54 Å². The maximum Gasteiger partial charge on any atom is 0.325 e. The molecule has 1 atom stereocenters. The van der Waals surface area contributed by atoms with Crippen molar-refractivity contribution in [2.24, 2.45) is 0 Å². The fourth-order valence-corrected chi connectivity index (χ4v) is 3.25. The Morgan fingerprint density at radius 2 is 1.96 bits per heavy atom. The van der Waals surface area contributed by atoms with Crippen LogP contribution in [0.2, 0.25) is 0 Å². The number of aromatic nitrogens is 2. The molecule has 0 bridgehead atoms. The van der Waals surface area contributed by atoms with Gasteiger partial charge in [-0.2, -0.15) is 5.10 Å². The number of benzene rings is 1. The number of amides is 4. The minimum Gasteiger partial charge on any atom is -0.354 e. The van der Waals surface area contributed by atoms with Crippen LogP contribution in [0.1, 0.15) is 29.8 Å². The highest BCUT2D eigenvalue weighted by molar-refractivity contribution is 6.04. The molecule has 1 fully saturated rings. The van der Waals surface area contributed by atoms with E-state index in [9.17, 15) is 14.4 Å². The normalized spacial score (nSPS) is 16.4. The van der Waals surface area contributed by atoms with E-state index in [2.05, 4.69) is 15.7 Å². The Balaban J connectivity index is 1.42. The first-order valence-corrected chi connectivity index (χ1v) is 9.37. The summed E-state index contributed by atoms with van der Waals surface area (Å²) in [5.41, 5.74) is 2.87. The molecule has 3 rings (SSSR count). The highest BCUT2D eigenvalue weighted by Gasteiger charge is 2.37. The van der Waals surface area contributed by atoms with E-state index in [1.165, 1.54) is 4.90 Å². The number of urea groups is 1. The zero-order chi connectivity index (χ0) is 20.1. The van der Waals surface area contributed by atoms with Gasteiger partial charge in [-0.05, 0) is 31.9 Å². The molecular formula is C20H25N5O3. The summed E-state index contributed by atoms with van der Waals surface area (Å²) in [7, 11) is 0. The lowest BCUT2D eigenvalue weighted by Crippen LogP contribution is -2.33.